The van der Waals surface area contributed by atoms with Crippen LogP contribution in [-0.2, 0) is 17.8 Å². The number of benzene rings is 2. The Balaban J connectivity index is 1.54. The van der Waals surface area contributed by atoms with Crippen LogP contribution in [-0.4, -0.2) is 48.0 Å². The highest BCUT2D eigenvalue weighted by Crippen LogP contribution is 2.47. The van der Waals surface area contributed by atoms with Gasteiger partial charge < -0.3 is 14.5 Å². The first-order chi connectivity index (χ1) is 15.9. The Bertz CT molecular complexity index is 918. The van der Waals surface area contributed by atoms with E-state index in [9.17, 15) is 9.18 Å². The van der Waals surface area contributed by atoms with E-state index in [1.165, 1.54) is 12.1 Å². The van der Waals surface area contributed by atoms with E-state index in [0.717, 1.165) is 55.8 Å². The largest absolute Gasteiger partial charge is 0.493 e. The third kappa shape index (κ3) is 5.57. The van der Waals surface area contributed by atoms with Gasteiger partial charge in [-0.15, -0.1) is 0 Å². The summed E-state index contributed by atoms with van der Waals surface area (Å²) in [5, 5.41) is 0. The molecule has 2 aromatic carbocycles. The van der Waals surface area contributed by atoms with Gasteiger partial charge in [0, 0.05) is 24.4 Å². The van der Waals surface area contributed by atoms with Crippen LogP contribution < -0.4 is 4.74 Å². The third-order valence-electron chi connectivity index (χ3n) is 7.41. The minimum absolute atomic E-state index is 0.00252. The van der Waals surface area contributed by atoms with Crippen molar-refractivity contribution >= 4 is 5.91 Å². The number of nitrogens with zero attached hydrogens (tertiary/aromatic N) is 2. The molecule has 178 valence electrons. The zero-order valence-corrected chi connectivity index (χ0v) is 20.2. The number of ether oxygens (including phenoxy) is 1. The molecule has 1 spiro atoms. The molecule has 2 aliphatic heterocycles. The van der Waals surface area contributed by atoms with E-state index in [1.807, 2.05) is 24.3 Å². The molecule has 0 saturated carbocycles. The lowest BCUT2D eigenvalue weighted by Gasteiger charge is -2.44. The van der Waals surface area contributed by atoms with E-state index in [2.05, 4.69) is 42.7 Å². The molecule has 0 N–H and O–H groups in total. The zero-order valence-electron chi connectivity index (χ0n) is 20.2. The Hall–Kier alpha value is -2.40. The van der Waals surface area contributed by atoms with Crippen LogP contribution in [0.2, 0.25) is 0 Å². The molecule has 2 aliphatic rings. The van der Waals surface area contributed by atoms with Crippen molar-refractivity contribution in [2.75, 3.05) is 26.2 Å². The highest BCUT2D eigenvalue weighted by Gasteiger charge is 2.52. The van der Waals surface area contributed by atoms with E-state index >= 15 is 0 Å². The van der Waals surface area contributed by atoms with Gasteiger partial charge in [0.05, 0.1) is 6.61 Å². The van der Waals surface area contributed by atoms with Crippen molar-refractivity contribution in [3.05, 3.63) is 65.5 Å². The molecule has 2 fully saturated rings. The first kappa shape index (κ1) is 23.7. The van der Waals surface area contributed by atoms with Gasteiger partial charge in [-0.1, -0.05) is 45.0 Å². The number of halogens is 1. The predicted molar refractivity (Wildman–Crippen MR) is 130 cm³/mol. The van der Waals surface area contributed by atoms with Crippen molar-refractivity contribution < 1.29 is 13.9 Å². The summed E-state index contributed by atoms with van der Waals surface area (Å²) in [6, 6.07) is 15.1. The van der Waals surface area contributed by atoms with Crippen molar-refractivity contribution in [1.29, 1.82) is 0 Å². The highest BCUT2D eigenvalue weighted by atomic mass is 19.1. The van der Waals surface area contributed by atoms with Crippen molar-refractivity contribution in [3.63, 3.8) is 0 Å². The van der Waals surface area contributed by atoms with Gasteiger partial charge in [-0.3, -0.25) is 4.79 Å². The lowest BCUT2D eigenvalue weighted by Crippen LogP contribution is -2.48. The molecule has 1 atom stereocenters. The summed E-state index contributed by atoms with van der Waals surface area (Å²) < 4.78 is 19.3. The quantitative estimate of drug-likeness (QED) is 0.544. The first-order valence-electron chi connectivity index (χ1n) is 12.4. The lowest BCUT2D eigenvalue weighted by molar-refractivity contribution is -0.129. The van der Waals surface area contributed by atoms with Gasteiger partial charge in [0.2, 0.25) is 5.91 Å². The summed E-state index contributed by atoms with van der Waals surface area (Å²) in [6.07, 6.45) is 3.47. The van der Waals surface area contributed by atoms with Crippen LogP contribution in [0.5, 0.6) is 5.75 Å². The topological polar surface area (TPSA) is 32.8 Å². The zero-order chi connectivity index (χ0) is 23.4. The monoisotopic (exact) mass is 452 g/mol. The summed E-state index contributed by atoms with van der Waals surface area (Å²) in [5.74, 6) is 1.37. The van der Waals surface area contributed by atoms with Gasteiger partial charge in [0.1, 0.15) is 11.6 Å². The molecule has 0 radical (unpaired) electrons. The van der Waals surface area contributed by atoms with Crippen molar-refractivity contribution in [2.45, 2.75) is 59.0 Å². The van der Waals surface area contributed by atoms with Gasteiger partial charge in [-0.25, -0.2) is 4.39 Å². The number of likely N-dealkylation sites (tertiary alicyclic amines) is 2. The van der Waals surface area contributed by atoms with Crippen LogP contribution >= 0.6 is 0 Å². The van der Waals surface area contributed by atoms with Crippen LogP contribution in [0.3, 0.4) is 0 Å². The number of carbonyl (C=O) groups is 1. The van der Waals surface area contributed by atoms with Gasteiger partial charge in [0.15, 0.2) is 0 Å². The Kier molecular flexibility index (Phi) is 7.38. The fraction of sp³-hybridized carbons (Fsp3) is 0.536. The number of hydrogen-bond acceptors (Lipinski definition) is 3. The van der Waals surface area contributed by atoms with Crippen molar-refractivity contribution in [3.8, 4) is 5.75 Å². The molecule has 1 amide bonds. The maximum absolute atomic E-state index is 13.5. The molecular weight excluding hydrogens is 415 g/mol. The van der Waals surface area contributed by atoms with Crippen LogP contribution in [0.25, 0.3) is 0 Å². The SMILES string of the molecule is CCN1CCC2(CC1)CC(=O)N(Cc1ccc(OCC(C)C)cc1)C2Cc1ccc(F)cc1. The van der Waals surface area contributed by atoms with E-state index in [4.69, 9.17) is 4.74 Å². The Morgan fingerprint density at radius 1 is 1.03 bits per heavy atom. The summed E-state index contributed by atoms with van der Waals surface area (Å²) in [7, 11) is 0. The van der Waals surface area contributed by atoms with E-state index in [0.29, 0.717) is 25.5 Å². The summed E-state index contributed by atoms with van der Waals surface area (Å²) >= 11 is 0. The summed E-state index contributed by atoms with van der Waals surface area (Å²) in [6.45, 7) is 10.9. The van der Waals surface area contributed by atoms with Crippen molar-refractivity contribution in [1.82, 2.24) is 9.80 Å². The second-order valence-corrected chi connectivity index (χ2v) is 10.2. The van der Waals surface area contributed by atoms with Gasteiger partial charge in [-0.05, 0) is 80.2 Å². The van der Waals surface area contributed by atoms with E-state index < -0.39 is 0 Å². The fourth-order valence-electron chi connectivity index (χ4n) is 5.37. The Morgan fingerprint density at radius 2 is 1.67 bits per heavy atom. The maximum atomic E-state index is 13.5. The standard InChI is InChI=1S/C28H37FN2O2/c1-4-30-15-13-28(14-16-30)18-27(32)31(26(28)17-22-5-9-24(29)10-6-22)19-23-7-11-25(12-8-23)33-20-21(2)3/h5-12,21,26H,4,13-20H2,1-3H3. The van der Waals surface area contributed by atoms with Crippen molar-refractivity contribution in [2.24, 2.45) is 11.3 Å². The number of carbonyl (C=O) groups excluding carboxylic acids is 1. The summed E-state index contributed by atoms with van der Waals surface area (Å²) in [5.41, 5.74) is 2.21. The molecule has 33 heavy (non-hydrogen) atoms. The molecule has 0 bridgehead atoms. The molecule has 2 aromatic rings. The van der Waals surface area contributed by atoms with E-state index in [-0.39, 0.29) is 23.2 Å². The fourth-order valence-corrected chi connectivity index (χ4v) is 5.37. The second-order valence-electron chi connectivity index (χ2n) is 10.2. The van der Waals surface area contributed by atoms with Crippen LogP contribution in [0.15, 0.2) is 48.5 Å². The maximum Gasteiger partial charge on any atom is 0.223 e. The summed E-state index contributed by atoms with van der Waals surface area (Å²) in [4.78, 5) is 17.9. The minimum Gasteiger partial charge on any atom is -0.493 e. The van der Waals surface area contributed by atoms with Crippen LogP contribution in [0, 0.1) is 17.2 Å². The Morgan fingerprint density at radius 3 is 2.27 bits per heavy atom. The molecule has 1 unspecified atom stereocenters. The highest BCUT2D eigenvalue weighted by molar-refractivity contribution is 5.80. The third-order valence-corrected chi connectivity index (χ3v) is 7.41. The number of hydrogen-bond donors (Lipinski definition) is 0. The first-order valence-corrected chi connectivity index (χ1v) is 12.4. The number of amides is 1. The van der Waals surface area contributed by atoms with Gasteiger partial charge >= 0.3 is 0 Å². The lowest BCUT2D eigenvalue weighted by atomic mass is 9.70. The molecular formula is C28H37FN2O2. The van der Waals surface area contributed by atoms with Gasteiger partial charge in [-0.2, -0.15) is 0 Å². The van der Waals surface area contributed by atoms with Crippen LogP contribution in [0.1, 0.15) is 51.2 Å². The predicted octanol–water partition coefficient (Wildman–Crippen LogP) is 5.31. The molecule has 0 aromatic heterocycles. The molecule has 4 rings (SSSR count). The molecule has 2 heterocycles. The second kappa shape index (κ2) is 10.3. The number of rotatable bonds is 8. The number of piperidine rings is 1. The molecule has 4 nitrogen and oxygen atoms in total. The molecule has 0 aliphatic carbocycles. The molecule has 5 heteroatoms. The van der Waals surface area contributed by atoms with Gasteiger partial charge in [0.25, 0.3) is 0 Å². The Labute approximate surface area is 197 Å². The molecule has 2 saturated heterocycles. The average molecular weight is 453 g/mol. The van der Waals surface area contributed by atoms with Crippen LogP contribution in [0.4, 0.5) is 4.39 Å². The van der Waals surface area contributed by atoms with E-state index in [1.54, 1.807) is 0 Å². The smallest absolute Gasteiger partial charge is 0.223 e. The normalized spacial score (nSPS) is 20.7. The minimum atomic E-state index is -0.219. The average Bonchev–Trinajstić information content (AvgIpc) is 3.05.